The zero-order chi connectivity index (χ0) is 28.4. The fraction of sp³-hybridized carbons (Fsp3) is 0.933. The summed E-state index contributed by atoms with van der Waals surface area (Å²) in [5, 5.41) is 28.6. The van der Waals surface area contributed by atoms with Crippen LogP contribution in [0.25, 0.3) is 0 Å². The van der Waals surface area contributed by atoms with E-state index in [-0.39, 0.29) is 35.0 Å². The predicted octanol–water partition coefficient (Wildman–Crippen LogP) is 6.41. The van der Waals surface area contributed by atoms with Gasteiger partial charge in [0, 0.05) is 22.2 Å². The van der Waals surface area contributed by atoms with Gasteiger partial charge in [0.1, 0.15) is 0 Å². The van der Waals surface area contributed by atoms with Gasteiger partial charge in [-0.1, -0.05) is 41.5 Å². The normalized spacial score (nSPS) is 41.4. The Kier molecular flexibility index (Phi) is 10.3. The maximum absolute atomic E-state index is 12.1. The van der Waals surface area contributed by atoms with Crippen molar-refractivity contribution in [1.82, 2.24) is 10.6 Å². The summed E-state index contributed by atoms with van der Waals surface area (Å²) in [6.45, 7) is 23.1. The fourth-order valence-corrected chi connectivity index (χ4v) is 14.3. The number of nitrogens with one attached hydrogen (secondary N) is 2. The van der Waals surface area contributed by atoms with Crippen molar-refractivity contribution in [3.05, 3.63) is 0 Å². The second kappa shape index (κ2) is 11.8. The SMILES string of the molecule is CCC1(C)CC(S(CCC(=O)O)(CCC(=O)O)C2CC(C)(CC)NC(C)(CC)C2C)C(C)C(C)(CC)N1. The van der Waals surface area contributed by atoms with Crippen LogP contribution in [-0.2, 0) is 9.59 Å². The molecule has 2 fully saturated rings. The van der Waals surface area contributed by atoms with Crippen molar-refractivity contribution in [2.24, 2.45) is 11.8 Å². The molecular formula is C30H58N2O4S. The number of rotatable bonds is 12. The van der Waals surface area contributed by atoms with E-state index < -0.39 is 22.0 Å². The lowest BCUT2D eigenvalue weighted by molar-refractivity contribution is -0.137. The molecule has 0 aromatic heterocycles. The minimum Gasteiger partial charge on any atom is -0.481 e. The number of hydrogen-bond acceptors (Lipinski definition) is 4. The molecule has 0 amide bonds. The lowest BCUT2D eigenvalue weighted by atomic mass is 9.71. The Bertz CT molecular complexity index is 757. The third kappa shape index (κ3) is 6.51. The first-order valence-electron chi connectivity index (χ1n) is 14.8. The molecule has 6 nitrogen and oxygen atoms in total. The fourth-order valence-electron chi connectivity index (χ4n) is 7.69. The third-order valence-corrected chi connectivity index (χ3v) is 16.7. The summed E-state index contributed by atoms with van der Waals surface area (Å²) in [7, 11) is -1.65. The summed E-state index contributed by atoms with van der Waals surface area (Å²) in [5.41, 5.74) is -0.247. The van der Waals surface area contributed by atoms with E-state index in [9.17, 15) is 19.8 Å². The van der Waals surface area contributed by atoms with Gasteiger partial charge in [-0.3, -0.25) is 9.59 Å². The largest absolute Gasteiger partial charge is 0.481 e. The lowest BCUT2D eigenvalue weighted by Gasteiger charge is -2.67. The van der Waals surface area contributed by atoms with E-state index in [0.29, 0.717) is 33.8 Å². The number of carboxylic acid groups (broad SMARTS) is 2. The second-order valence-electron chi connectivity index (χ2n) is 13.4. The third-order valence-electron chi connectivity index (χ3n) is 11.2. The van der Waals surface area contributed by atoms with Crippen molar-refractivity contribution in [3.63, 3.8) is 0 Å². The van der Waals surface area contributed by atoms with E-state index in [1.807, 2.05) is 0 Å². The van der Waals surface area contributed by atoms with E-state index in [2.05, 4.69) is 79.9 Å². The smallest absolute Gasteiger partial charge is 0.304 e. The number of aliphatic carboxylic acids is 2. The number of hydrogen-bond donors (Lipinski definition) is 4. The molecule has 0 aliphatic carbocycles. The molecule has 0 aromatic rings. The average Bonchev–Trinajstić information content (AvgIpc) is 2.84. The van der Waals surface area contributed by atoms with E-state index in [4.69, 9.17) is 0 Å². The summed E-state index contributed by atoms with van der Waals surface area (Å²) >= 11 is 0. The highest BCUT2D eigenvalue weighted by Crippen LogP contribution is 2.68. The van der Waals surface area contributed by atoms with Crippen LogP contribution in [0.5, 0.6) is 0 Å². The van der Waals surface area contributed by atoms with Crippen LogP contribution in [-0.4, -0.2) is 66.3 Å². The van der Waals surface area contributed by atoms with Crippen LogP contribution in [0.1, 0.15) is 121 Å². The van der Waals surface area contributed by atoms with E-state index in [1.54, 1.807) is 0 Å². The number of carbonyl (C=O) groups is 2. The monoisotopic (exact) mass is 542 g/mol. The van der Waals surface area contributed by atoms with Crippen LogP contribution in [0.15, 0.2) is 0 Å². The minimum absolute atomic E-state index is 0.0507. The molecule has 8 atom stereocenters. The summed E-state index contributed by atoms with van der Waals surface area (Å²) < 4.78 is 0. The Labute approximate surface area is 228 Å². The molecule has 0 aromatic carbocycles. The van der Waals surface area contributed by atoms with Gasteiger partial charge in [0.25, 0.3) is 0 Å². The summed E-state index contributed by atoms with van der Waals surface area (Å²) in [4.78, 5) is 24.2. The van der Waals surface area contributed by atoms with Gasteiger partial charge >= 0.3 is 11.9 Å². The first-order chi connectivity index (χ1) is 17.0. The van der Waals surface area contributed by atoms with E-state index in [1.165, 1.54) is 0 Å². The molecule has 2 rings (SSSR count). The van der Waals surface area contributed by atoms with Gasteiger partial charge in [-0.25, -0.2) is 10.0 Å². The van der Waals surface area contributed by atoms with Crippen LogP contribution >= 0.6 is 10.0 Å². The van der Waals surface area contributed by atoms with E-state index in [0.717, 1.165) is 38.5 Å². The summed E-state index contributed by atoms with van der Waals surface area (Å²) in [6, 6.07) is 0. The Hall–Kier alpha value is -0.790. The molecule has 0 radical (unpaired) electrons. The molecule has 4 N–H and O–H groups in total. The van der Waals surface area contributed by atoms with Gasteiger partial charge in [-0.2, -0.15) is 0 Å². The van der Waals surface area contributed by atoms with Crippen LogP contribution in [0, 0.1) is 11.8 Å². The van der Waals surface area contributed by atoms with Gasteiger partial charge in [-0.15, -0.1) is 0 Å². The number of piperidine rings is 2. The van der Waals surface area contributed by atoms with Gasteiger partial charge in [0.2, 0.25) is 0 Å². The molecule has 8 unspecified atom stereocenters. The number of carboxylic acids is 2. The topological polar surface area (TPSA) is 98.7 Å². The molecule has 2 saturated heterocycles. The van der Waals surface area contributed by atoms with E-state index >= 15 is 0 Å². The first-order valence-corrected chi connectivity index (χ1v) is 16.9. The second-order valence-corrected chi connectivity index (χ2v) is 17.4. The molecule has 2 aliphatic heterocycles. The maximum Gasteiger partial charge on any atom is 0.304 e. The van der Waals surface area contributed by atoms with Crippen LogP contribution < -0.4 is 10.6 Å². The highest BCUT2D eigenvalue weighted by Gasteiger charge is 2.58. The van der Waals surface area contributed by atoms with Gasteiger partial charge in [0.05, 0.1) is 12.8 Å². The Balaban J connectivity index is 2.84. The molecule has 0 saturated carbocycles. The van der Waals surface area contributed by atoms with Crippen molar-refractivity contribution in [2.45, 2.75) is 153 Å². The first kappa shape index (κ1) is 32.4. The van der Waals surface area contributed by atoms with Crippen LogP contribution in [0.3, 0.4) is 0 Å². The maximum atomic E-state index is 12.1. The van der Waals surface area contributed by atoms with Crippen LogP contribution in [0.4, 0.5) is 0 Å². The van der Waals surface area contributed by atoms with Crippen molar-refractivity contribution in [1.29, 1.82) is 0 Å². The molecular weight excluding hydrogens is 484 g/mol. The van der Waals surface area contributed by atoms with Crippen molar-refractivity contribution < 1.29 is 19.8 Å². The highest BCUT2D eigenvalue weighted by atomic mass is 32.3. The standard InChI is InChI=1S/C30H58N2O4S/c1-11-27(7)19-23(21(5)29(9,13-3)31-27)37(17-15-25(33)34,18-16-26(35)36)24-20-28(8,12-2)32-30(10,14-4)22(24)6/h21-24,31-32H,11-20H2,1-10H3,(H,33,34)(H,35,36). The molecule has 0 spiro atoms. The molecule has 0 bridgehead atoms. The molecule has 7 heteroatoms. The van der Waals surface area contributed by atoms with Crippen molar-refractivity contribution >= 4 is 22.0 Å². The highest BCUT2D eigenvalue weighted by molar-refractivity contribution is 8.34. The van der Waals surface area contributed by atoms with Gasteiger partial charge in [0.15, 0.2) is 0 Å². The van der Waals surface area contributed by atoms with Gasteiger partial charge < -0.3 is 20.8 Å². The Morgan fingerprint density at radius 1 is 0.703 bits per heavy atom. The summed E-state index contributed by atoms with van der Waals surface area (Å²) in [6.07, 6.45) is 6.21. The van der Waals surface area contributed by atoms with Crippen molar-refractivity contribution in [3.8, 4) is 0 Å². The summed E-state index contributed by atoms with van der Waals surface area (Å²) in [5.74, 6) is 0.388. The Morgan fingerprint density at radius 3 is 1.27 bits per heavy atom. The van der Waals surface area contributed by atoms with Gasteiger partial charge in [-0.05, 0) is 100 Å². The molecule has 218 valence electrons. The van der Waals surface area contributed by atoms with Crippen LogP contribution in [0.2, 0.25) is 0 Å². The lowest BCUT2D eigenvalue weighted by Crippen LogP contribution is -2.70. The molecule has 2 aliphatic rings. The zero-order valence-electron chi connectivity index (χ0n) is 25.5. The average molecular weight is 543 g/mol. The predicted molar refractivity (Wildman–Crippen MR) is 158 cm³/mol. The minimum atomic E-state index is -1.65. The zero-order valence-corrected chi connectivity index (χ0v) is 26.3. The Morgan fingerprint density at radius 2 is 1.03 bits per heavy atom. The molecule has 37 heavy (non-hydrogen) atoms. The van der Waals surface area contributed by atoms with Crippen molar-refractivity contribution in [2.75, 3.05) is 11.5 Å². The quantitative estimate of drug-likeness (QED) is 0.227. The molecule has 2 heterocycles.